The van der Waals surface area contributed by atoms with Crippen LogP contribution < -0.4 is 4.90 Å². The van der Waals surface area contributed by atoms with Crippen molar-refractivity contribution in [3.8, 4) is 0 Å². The molecule has 0 unspecified atom stereocenters. The fraction of sp³-hybridized carbons (Fsp3) is 0.500. The van der Waals surface area contributed by atoms with Gasteiger partial charge < -0.3 is 14.5 Å². The van der Waals surface area contributed by atoms with E-state index in [9.17, 15) is 4.79 Å². The van der Waals surface area contributed by atoms with E-state index < -0.39 is 0 Å². The second kappa shape index (κ2) is 8.69. The molecule has 0 aliphatic carbocycles. The minimum Gasteiger partial charge on any atom is -0.367 e. The van der Waals surface area contributed by atoms with Crippen molar-refractivity contribution in [2.75, 3.05) is 31.1 Å². The van der Waals surface area contributed by atoms with Gasteiger partial charge in [0.1, 0.15) is 18.2 Å². The highest BCUT2D eigenvalue weighted by molar-refractivity contribution is 5.78. The first-order valence-electron chi connectivity index (χ1n) is 10.2. The number of ether oxygens (including phenoxy) is 1. The first-order valence-corrected chi connectivity index (χ1v) is 10.2. The van der Waals surface area contributed by atoms with Crippen LogP contribution in [0.2, 0.25) is 0 Å². The summed E-state index contributed by atoms with van der Waals surface area (Å²) in [5, 5.41) is 0. The lowest BCUT2D eigenvalue weighted by Gasteiger charge is -2.34. The molecule has 148 valence electrons. The van der Waals surface area contributed by atoms with Gasteiger partial charge in [0.15, 0.2) is 0 Å². The third-order valence-electron chi connectivity index (χ3n) is 5.50. The summed E-state index contributed by atoms with van der Waals surface area (Å²) in [7, 11) is 0. The van der Waals surface area contributed by atoms with Gasteiger partial charge in [-0.05, 0) is 31.7 Å². The highest BCUT2D eigenvalue weighted by Gasteiger charge is 2.27. The Morgan fingerprint density at radius 1 is 1.07 bits per heavy atom. The fourth-order valence-corrected chi connectivity index (χ4v) is 4.02. The van der Waals surface area contributed by atoms with Crippen molar-refractivity contribution in [1.29, 1.82) is 0 Å². The maximum Gasteiger partial charge on any atom is 0.248 e. The summed E-state index contributed by atoms with van der Waals surface area (Å²) < 4.78 is 5.66. The van der Waals surface area contributed by atoms with E-state index in [1.54, 1.807) is 0 Å². The molecule has 2 aromatic rings. The van der Waals surface area contributed by atoms with Crippen LogP contribution in [0.5, 0.6) is 0 Å². The monoisotopic (exact) mass is 380 g/mol. The molecule has 0 atom stereocenters. The summed E-state index contributed by atoms with van der Waals surface area (Å²) in [6.45, 7) is 5.87. The van der Waals surface area contributed by atoms with Crippen molar-refractivity contribution in [1.82, 2.24) is 14.9 Å². The lowest BCUT2D eigenvalue weighted by atomic mass is 10.0. The summed E-state index contributed by atoms with van der Waals surface area (Å²) in [5.41, 5.74) is 3.30. The molecule has 28 heavy (non-hydrogen) atoms. The van der Waals surface area contributed by atoms with Gasteiger partial charge in [0, 0.05) is 31.6 Å². The zero-order valence-corrected chi connectivity index (χ0v) is 16.6. The molecule has 6 nitrogen and oxygen atoms in total. The normalized spacial score (nSPS) is 16.8. The number of hydrogen-bond donors (Lipinski definition) is 0. The standard InChI is InChI=1S/C22H28N4O2/c1-17-23-20-10-13-26(21(27)16-28-15-18-8-4-2-5-9-18)14-19(20)22(24-17)25-11-6-3-7-12-25/h2,4-5,8-9H,3,6-7,10-16H2,1H3. The van der Waals surface area contributed by atoms with Crippen LogP contribution in [0.15, 0.2) is 30.3 Å². The van der Waals surface area contributed by atoms with Crippen LogP contribution >= 0.6 is 0 Å². The zero-order valence-electron chi connectivity index (χ0n) is 16.6. The molecule has 1 aromatic heterocycles. The van der Waals surface area contributed by atoms with Gasteiger partial charge in [0.2, 0.25) is 5.91 Å². The molecule has 0 radical (unpaired) electrons. The quantitative estimate of drug-likeness (QED) is 0.798. The minimum absolute atomic E-state index is 0.0340. The molecule has 0 bridgehead atoms. The molecule has 1 fully saturated rings. The number of carbonyl (C=O) groups is 1. The molecule has 0 saturated carbocycles. The number of amides is 1. The number of aryl methyl sites for hydroxylation is 1. The molecular weight excluding hydrogens is 352 g/mol. The smallest absolute Gasteiger partial charge is 0.248 e. The summed E-state index contributed by atoms with van der Waals surface area (Å²) in [6, 6.07) is 9.94. The SMILES string of the molecule is Cc1nc2c(c(N3CCCCC3)n1)CN(C(=O)COCc1ccccc1)CC2. The Morgan fingerprint density at radius 3 is 2.64 bits per heavy atom. The highest BCUT2D eigenvalue weighted by Crippen LogP contribution is 2.28. The number of hydrogen-bond acceptors (Lipinski definition) is 5. The molecule has 6 heteroatoms. The Morgan fingerprint density at radius 2 is 1.86 bits per heavy atom. The van der Waals surface area contributed by atoms with Crippen LogP contribution in [0.3, 0.4) is 0 Å². The molecule has 1 aromatic carbocycles. The van der Waals surface area contributed by atoms with E-state index in [1.165, 1.54) is 19.3 Å². The maximum absolute atomic E-state index is 12.7. The predicted octanol–water partition coefficient (Wildman–Crippen LogP) is 2.88. The van der Waals surface area contributed by atoms with Gasteiger partial charge in [-0.3, -0.25) is 4.79 Å². The second-order valence-corrected chi connectivity index (χ2v) is 7.61. The fourth-order valence-electron chi connectivity index (χ4n) is 4.02. The van der Waals surface area contributed by atoms with Gasteiger partial charge >= 0.3 is 0 Å². The Balaban J connectivity index is 1.42. The Bertz CT molecular complexity index is 819. The topological polar surface area (TPSA) is 58.6 Å². The Hall–Kier alpha value is -2.47. The van der Waals surface area contributed by atoms with E-state index in [1.807, 2.05) is 42.2 Å². The molecule has 0 spiro atoms. The molecular formula is C22H28N4O2. The Labute approximate surface area is 166 Å². The van der Waals surface area contributed by atoms with Crippen LogP contribution in [0.4, 0.5) is 5.82 Å². The van der Waals surface area contributed by atoms with E-state index in [2.05, 4.69) is 9.88 Å². The van der Waals surface area contributed by atoms with Gasteiger partial charge in [0.25, 0.3) is 0 Å². The lowest BCUT2D eigenvalue weighted by Crippen LogP contribution is -2.40. The van der Waals surface area contributed by atoms with Gasteiger partial charge in [0.05, 0.1) is 18.8 Å². The lowest BCUT2D eigenvalue weighted by molar-refractivity contribution is -0.137. The van der Waals surface area contributed by atoms with Crippen LogP contribution in [-0.4, -0.2) is 47.0 Å². The van der Waals surface area contributed by atoms with Crippen molar-refractivity contribution in [3.05, 3.63) is 53.0 Å². The number of nitrogens with zero attached hydrogens (tertiary/aromatic N) is 4. The summed E-state index contributed by atoms with van der Waals surface area (Å²) in [5.74, 6) is 1.89. The average molecular weight is 380 g/mol. The largest absolute Gasteiger partial charge is 0.367 e. The van der Waals surface area contributed by atoms with Crippen molar-refractivity contribution < 1.29 is 9.53 Å². The molecule has 1 saturated heterocycles. The number of carbonyl (C=O) groups excluding carboxylic acids is 1. The van der Waals surface area contributed by atoms with E-state index in [-0.39, 0.29) is 12.5 Å². The molecule has 3 heterocycles. The molecule has 2 aliphatic rings. The zero-order chi connectivity index (χ0) is 19.3. The van der Waals surface area contributed by atoms with Crippen LogP contribution in [0.1, 0.15) is 41.9 Å². The van der Waals surface area contributed by atoms with Crippen molar-refractivity contribution >= 4 is 11.7 Å². The summed E-state index contributed by atoms with van der Waals surface area (Å²) in [6.07, 6.45) is 4.47. The minimum atomic E-state index is 0.0340. The van der Waals surface area contributed by atoms with Crippen molar-refractivity contribution in [2.24, 2.45) is 0 Å². The highest BCUT2D eigenvalue weighted by atomic mass is 16.5. The first-order chi connectivity index (χ1) is 13.7. The third kappa shape index (κ3) is 4.33. The van der Waals surface area contributed by atoms with E-state index in [4.69, 9.17) is 9.72 Å². The maximum atomic E-state index is 12.7. The number of anilines is 1. The van der Waals surface area contributed by atoms with E-state index >= 15 is 0 Å². The molecule has 2 aliphatic heterocycles. The van der Waals surface area contributed by atoms with Crippen LogP contribution in [0.25, 0.3) is 0 Å². The number of aromatic nitrogens is 2. The summed E-state index contributed by atoms with van der Waals surface area (Å²) >= 11 is 0. The van der Waals surface area contributed by atoms with Gasteiger partial charge in [-0.15, -0.1) is 0 Å². The summed E-state index contributed by atoms with van der Waals surface area (Å²) in [4.78, 5) is 26.4. The second-order valence-electron chi connectivity index (χ2n) is 7.61. The van der Waals surface area contributed by atoms with Crippen LogP contribution in [-0.2, 0) is 29.1 Å². The third-order valence-corrected chi connectivity index (χ3v) is 5.50. The van der Waals surface area contributed by atoms with Crippen molar-refractivity contribution in [2.45, 2.75) is 45.8 Å². The number of benzene rings is 1. The van der Waals surface area contributed by atoms with Crippen LogP contribution in [0, 0.1) is 6.92 Å². The molecule has 1 amide bonds. The number of fused-ring (bicyclic) bond motifs is 1. The Kier molecular flexibility index (Phi) is 5.86. The number of piperidine rings is 1. The molecule has 4 rings (SSSR count). The predicted molar refractivity (Wildman–Crippen MR) is 108 cm³/mol. The van der Waals surface area contributed by atoms with Gasteiger partial charge in [-0.25, -0.2) is 9.97 Å². The average Bonchev–Trinajstić information content (AvgIpc) is 2.74. The van der Waals surface area contributed by atoms with Gasteiger partial charge in [-0.2, -0.15) is 0 Å². The van der Waals surface area contributed by atoms with Crippen molar-refractivity contribution in [3.63, 3.8) is 0 Å². The van der Waals surface area contributed by atoms with E-state index in [0.29, 0.717) is 19.7 Å². The van der Waals surface area contributed by atoms with Gasteiger partial charge in [-0.1, -0.05) is 30.3 Å². The molecule has 0 N–H and O–H groups in total. The first kappa shape index (κ1) is 18.9. The number of rotatable bonds is 5. The van der Waals surface area contributed by atoms with E-state index in [0.717, 1.165) is 48.0 Å².